The molecule has 0 spiro atoms. The summed E-state index contributed by atoms with van der Waals surface area (Å²) in [6.45, 7) is 8.49. The van der Waals surface area contributed by atoms with Gasteiger partial charge in [-0.1, -0.05) is 32.0 Å². The van der Waals surface area contributed by atoms with Gasteiger partial charge in [-0.25, -0.2) is 9.97 Å². The first kappa shape index (κ1) is 15.8. The Morgan fingerprint density at radius 3 is 2.81 bits per heavy atom. The molecule has 0 aliphatic carbocycles. The van der Waals surface area contributed by atoms with Crippen molar-refractivity contribution in [2.75, 3.05) is 5.75 Å². The number of fused-ring (bicyclic) bond motifs is 1. The van der Waals surface area contributed by atoms with Gasteiger partial charge >= 0.3 is 5.97 Å². The molecule has 6 heteroatoms. The molecule has 2 heterocycles. The predicted octanol–water partition coefficient (Wildman–Crippen LogP) is 3.52. The quantitative estimate of drug-likeness (QED) is 0.827. The summed E-state index contributed by atoms with van der Waals surface area (Å²) in [5.41, 5.74) is 2.77. The number of aryl methyl sites for hydroxylation is 1. The minimum absolute atomic E-state index is 0.00952. The van der Waals surface area contributed by atoms with Crippen molar-refractivity contribution in [2.24, 2.45) is 5.92 Å². The molecule has 0 saturated heterocycles. The van der Waals surface area contributed by atoms with Crippen molar-refractivity contribution in [3.8, 4) is 0 Å². The highest BCUT2D eigenvalue weighted by atomic mass is 32.2. The van der Waals surface area contributed by atoms with Gasteiger partial charge in [0.2, 0.25) is 0 Å². The van der Waals surface area contributed by atoms with Crippen LogP contribution in [0.4, 0.5) is 0 Å². The van der Waals surface area contributed by atoms with Crippen molar-refractivity contribution in [3.05, 3.63) is 17.8 Å². The summed E-state index contributed by atoms with van der Waals surface area (Å²) < 4.78 is 2.09. The summed E-state index contributed by atoms with van der Waals surface area (Å²) >= 11 is 1.26. The lowest BCUT2D eigenvalue weighted by Gasteiger charge is -2.22. The van der Waals surface area contributed by atoms with Crippen molar-refractivity contribution in [3.63, 3.8) is 0 Å². The van der Waals surface area contributed by atoms with Crippen LogP contribution in [0.1, 0.15) is 38.8 Å². The molecule has 21 heavy (non-hydrogen) atoms. The molecule has 2 atom stereocenters. The zero-order valence-electron chi connectivity index (χ0n) is 12.8. The molecule has 114 valence electrons. The summed E-state index contributed by atoms with van der Waals surface area (Å²) in [6.07, 6.45) is 2.83. The topological polar surface area (TPSA) is 68.0 Å². The molecule has 2 aromatic rings. The number of hydrogen-bond acceptors (Lipinski definition) is 4. The SMILES string of the molecule is CCC(C)C(C)n1c(SCC(=O)O)nc2c(C)ccnc21. The fourth-order valence-corrected chi connectivity index (χ4v) is 3.08. The fraction of sp³-hybridized carbons (Fsp3) is 0.533. The van der Waals surface area contributed by atoms with E-state index in [1.807, 2.05) is 13.0 Å². The highest BCUT2D eigenvalue weighted by Crippen LogP contribution is 2.32. The van der Waals surface area contributed by atoms with Crippen LogP contribution in [0.2, 0.25) is 0 Å². The number of nitrogens with zero attached hydrogens (tertiary/aromatic N) is 3. The van der Waals surface area contributed by atoms with E-state index in [0.29, 0.717) is 5.92 Å². The summed E-state index contributed by atoms with van der Waals surface area (Å²) in [4.78, 5) is 19.9. The maximum Gasteiger partial charge on any atom is 0.313 e. The van der Waals surface area contributed by atoms with Gasteiger partial charge in [0.25, 0.3) is 0 Å². The molecule has 0 amide bonds. The number of hydrogen-bond donors (Lipinski definition) is 1. The molecule has 2 unspecified atom stereocenters. The number of imidazole rings is 1. The van der Waals surface area contributed by atoms with E-state index in [4.69, 9.17) is 5.11 Å². The van der Waals surface area contributed by atoms with Gasteiger partial charge in [0.15, 0.2) is 10.8 Å². The minimum atomic E-state index is -0.834. The molecular weight excluding hydrogens is 286 g/mol. The lowest BCUT2D eigenvalue weighted by atomic mass is 10.0. The van der Waals surface area contributed by atoms with Gasteiger partial charge in [-0.05, 0) is 31.4 Å². The van der Waals surface area contributed by atoms with Gasteiger partial charge < -0.3 is 9.67 Å². The second-order valence-electron chi connectivity index (χ2n) is 5.37. The second-order valence-corrected chi connectivity index (χ2v) is 6.32. The standard InChI is InChI=1S/C15H21N3O2S/c1-5-9(2)11(4)18-14-13(10(3)6-7-16-14)17-15(18)21-8-12(19)20/h6-7,9,11H,5,8H2,1-4H3,(H,19,20). The number of pyridine rings is 1. The van der Waals surface area contributed by atoms with Crippen LogP contribution in [0.15, 0.2) is 17.4 Å². The van der Waals surface area contributed by atoms with Crippen molar-refractivity contribution >= 4 is 28.9 Å². The van der Waals surface area contributed by atoms with E-state index in [1.165, 1.54) is 11.8 Å². The number of rotatable bonds is 6. The summed E-state index contributed by atoms with van der Waals surface area (Å²) in [5.74, 6) is -0.358. The van der Waals surface area contributed by atoms with Gasteiger partial charge in [-0.3, -0.25) is 4.79 Å². The van der Waals surface area contributed by atoms with E-state index in [-0.39, 0.29) is 11.8 Å². The Bertz CT molecular complexity index is 654. The maximum absolute atomic E-state index is 10.9. The van der Waals surface area contributed by atoms with Crippen molar-refractivity contribution in [2.45, 2.75) is 45.3 Å². The van der Waals surface area contributed by atoms with Crippen molar-refractivity contribution in [1.82, 2.24) is 14.5 Å². The fourth-order valence-electron chi connectivity index (χ4n) is 2.28. The van der Waals surface area contributed by atoms with Crippen LogP contribution in [0, 0.1) is 12.8 Å². The smallest absolute Gasteiger partial charge is 0.313 e. The summed E-state index contributed by atoms with van der Waals surface area (Å²) in [6, 6.07) is 2.16. The maximum atomic E-state index is 10.9. The third kappa shape index (κ3) is 3.20. The Morgan fingerprint density at radius 2 is 2.19 bits per heavy atom. The molecule has 2 rings (SSSR count). The Morgan fingerprint density at radius 1 is 1.48 bits per heavy atom. The monoisotopic (exact) mass is 307 g/mol. The summed E-state index contributed by atoms with van der Waals surface area (Å²) in [5, 5.41) is 9.65. The molecule has 0 bridgehead atoms. The van der Waals surface area contributed by atoms with E-state index in [1.54, 1.807) is 6.20 Å². The molecule has 0 radical (unpaired) electrons. The van der Waals surface area contributed by atoms with Gasteiger partial charge in [0, 0.05) is 12.2 Å². The van der Waals surface area contributed by atoms with Gasteiger partial charge in [0.1, 0.15) is 5.52 Å². The van der Waals surface area contributed by atoms with Crippen LogP contribution in [0.3, 0.4) is 0 Å². The lowest BCUT2D eigenvalue weighted by Crippen LogP contribution is -2.15. The number of carbonyl (C=O) groups is 1. The van der Waals surface area contributed by atoms with E-state index >= 15 is 0 Å². The van der Waals surface area contributed by atoms with Gasteiger partial charge in [0.05, 0.1) is 5.75 Å². The van der Waals surface area contributed by atoms with E-state index in [9.17, 15) is 4.79 Å². The molecule has 0 saturated carbocycles. The number of thioether (sulfide) groups is 1. The van der Waals surface area contributed by atoms with Gasteiger partial charge in [-0.15, -0.1) is 0 Å². The third-order valence-electron chi connectivity index (χ3n) is 3.95. The van der Waals surface area contributed by atoms with Crippen LogP contribution in [0.25, 0.3) is 11.2 Å². The average molecular weight is 307 g/mol. The predicted molar refractivity (Wildman–Crippen MR) is 84.8 cm³/mol. The molecule has 0 aliphatic rings. The molecular formula is C15H21N3O2S. The molecule has 0 fully saturated rings. The minimum Gasteiger partial charge on any atom is -0.481 e. The molecule has 2 aromatic heterocycles. The van der Waals surface area contributed by atoms with E-state index in [2.05, 4.69) is 35.3 Å². The molecule has 0 aromatic carbocycles. The molecule has 5 nitrogen and oxygen atoms in total. The number of carboxylic acid groups (broad SMARTS) is 1. The first-order chi connectivity index (χ1) is 9.95. The largest absolute Gasteiger partial charge is 0.481 e. The molecule has 1 N–H and O–H groups in total. The van der Waals surface area contributed by atoms with E-state index in [0.717, 1.165) is 28.3 Å². The Labute approximate surface area is 128 Å². The summed E-state index contributed by atoms with van der Waals surface area (Å²) in [7, 11) is 0. The zero-order valence-corrected chi connectivity index (χ0v) is 13.6. The first-order valence-corrected chi connectivity index (χ1v) is 8.12. The van der Waals surface area contributed by atoms with Crippen LogP contribution >= 0.6 is 11.8 Å². The van der Waals surface area contributed by atoms with Crippen LogP contribution in [-0.4, -0.2) is 31.4 Å². The number of aliphatic carboxylic acids is 1. The highest BCUT2D eigenvalue weighted by molar-refractivity contribution is 7.99. The van der Waals surface area contributed by atoms with Crippen LogP contribution in [-0.2, 0) is 4.79 Å². The normalized spacial score (nSPS) is 14.3. The van der Waals surface area contributed by atoms with Gasteiger partial charge in [-0.2, -0.15) is 0 Å². The highest BCUT2D eigenvalue weighted by Gasteiger charge is 2.22. The van der Waals surface area contributed by atoms with Crippen LogP contribution < -0.4 is 0 Å². The zero-order chi connectivity index (χ0) is 15.6. The molecule has 0 aliphatic heterocycles. The Hall–Kier alpha value is -1.56. The number of carboxylic acids is 1. The average Bonchev–Trinajstić information content (AvgIpc) is 2.83. The lowest BCUT2D eigenvalue weighted by molar-refractivity contribution is -0.133. The second kappa shape index (κ2) is 6.47. The van der Waals surface area contributed by atoms with Crippen molar-refractivity contribution in [1.29, 1.82) is 0 Å². The third-order valence-corrected chi connectivity index (χ3v) is 4.89. The Balaban J connectivity index is 2.54. The first-order valence-electron chi connectivity index (χ1n) is 7.13. The van der Waals surface area contributed by atoms with E-state index < -0.39 is 5.97 Å². The Kier molecular flexibility index (Phi) is 4.88. The number of aromatic nitrogens is 3. The van der Waals surface area contributed by atoms with Crippen molar-refractivity contribution < 1.29 is 9.90 Å². The van der Waals surface area contributed by atoms with Crippen LogP contribution in [0.5, 0.6) is 0 Å².